The molecular weight excluding hydrogens is 288 g/mol. The van der Waals surface area contributed by atoms with Crippen molar-refractivity contribution in [3.8, 4) is 0 Å². The predicted molar refractivity (Wildman–Crippen MR) is 83.7 cm³/mol. The number of aromatic nitrogens is 2. The third-order valence-electron chi connectivity index (χ3n) is 3.31. The SMILES string of the molecule is COCCc1nsc(N2CCC(C(=O)NC(C)(C)C)C2)n1. The van der Waals surface area contributed by atoms with Crippen LogP contribution in [0.25, 0.3) is 0 Å². The fraction of sp³-hybridized carbons (Fsp3) is 0.786. The molecule has 1 aromatic heterocycles. The molecule has 1 aliphatic heterocycles. The minimum Gasteiger partial charge on any atom is -0.384 e. The highest BCUT2D eigenvalue weighted by Crippen LogP contribution is 2.26. The Balaban J connectivity index is 1.90. The molecule has 1 saturated heterocycles. The van der Waals surface area contributed by atoms with E-state index in [1.54, 1.807) is 7.11 Å². The zero-order valence-electron chi connectivity index (χ0n) is 13.2. The van der Waals surface area contributed by atoms with Crippen molar-refractivity contribution >= 4 is 22.6 Å². The van der Waals surface area contributed by atoms with Gasteiger partial charge in [0.2, 0.25) is 11.0 Å². The lowest BCUT2D eigenvalue weighted by atomic mass is 10.0. The maximum atomic E-state index is 12.2. The van der Waals surface area contributed by atoms with E-state index in [9.17, 15) is 4.79 Å². The van der Waals surface area contributed by atoms with Crippen molar-refractivity contribution in [1.82, 2.24) is 14.7 Å². The number of hydrogen-bond donors (Lipinski definition) is 1. The second-order valence-electron chi connectivity index (χ2n) is 6.41. The number of nitrogens with zero attached hydrogens (tertiary/aromatic N) is 3. The first-order chi connectivity index (χ1) is 9.89. The zero-order chi connectivity index (χ0) is 15.5. The van der Waals surface area contributed by atoms with Gasteiger partial charge in [0.05, 0.1) is 12.5 Å². The quantitative estimate of drug-likeness (QED) is 0.892. The van der Waals surface area contributed by atoms with Crippen LogP contribution in [0.2, 0.25) is 0 Å². The largest absolute Gasteiger partial charge is 0.384 e. The maximum absolute atomic E-state index is 12.2. The molecule has 1 atom stereocenters. The molecule has 6 nitrogen and oxygen atoms in total. The molecule has 0 spiro atoms. The van der Waals surface area contributed by atoms with Crippen LogP contribution in [0.4, 0.5) is 5.13 Å². The summed E-state index contributed by atoms with van der Waals surface area (Å²) in [6.45, 7) is 8.23. The van der Waals surface area contributed by atoms with E-state index in [4.69, 9.17) is 4.74 Å². The van der Waals surface area contributed by atoms with E-state index in [-0.39, 0.29) is 17.4 Å². The highest BCUT2D eigenvalue weighted by Gasteiger charge is 2.31. The van der Waals surface area contributed by atoms with Gasteiger partial charge < -0.3 is 15.0 Å². The number of carbonyl (C=O) groups excluding carboxylic acids is 1. The van der Waals surface area contributed by atoms with Crippen molar-refractivity contribution in [2.24, 2.45) is 5.92 Å². The van der Waals surface area contributed by atoms with Gasteiger partial charge in [-0.3, -0.25) is 4.79 Å². The van der Waals surface area contributed by atoms with E-state index in [1.165, 1.54) is 11.5 Å². The van der Waals surface area contributed by atoms with E-state index in [0.29, 0.717) is 6.61 Å². The Hall–Kier alpha value is -1.21. The molecule has 1 fully saturated rings. The summed E-state index contributed by atoms with van der Waals surface area (Å²) in [6, 6.07) is 0. The highest BCUT2D eigenvalue weighted by molar-refractivity contribution is 7.09. The van der Waals surface area contributed by atoms with E-state index >= 15 is 0 Å². The van der Waals surface area contributed by atoms with E-state index in [1.807, 2.05) is 20.8 Å². The van der Waals surface area contributed by atoms with Gasteiger partial charge >= 0.3 is 0 Å². The first kappa shape index (κ1) is 16.2. The van der Waals surface area contributed by atoms with E-state index < -0.39 is 0 Å². The first-order valence-corrected chi connectivity index (χ1v) is 8.05. The Kier molecular flexibility index (Phi) is 5.16. The average molecular weight is 312 g/mol. The second kappa shape index (κ2) is 6.70. The molecule has 0 aromatic carbocycles. The number of carbonyl (C=O) groups is 1. The molecule has 2 rings (SSSR count). The fourth-order valence-electron chi connectivity index (χ4n) is 2.29. The Morgan fingerprint density at radius 1 is 1.52 bits per heavy atom. The number of hydrogen-bond acceptors (Lipinski definition) is 6. The van der Waals surface area contributed by atoms with Crippen molar-refractivity contribution in [3.05, 3.63) is 5.82 Å². The maximum Gasteiger partial charge on any atom is 0.225 e. The molecule has 118 valence electrons. The molecule has 1 amide bonds. The number of ether oxygens (including phenoxy) is 1. The molecule has 0 aliphatic carbocycles. The number of methoxy groups -OCH3 is 1. The monoisotopic (exact) mass is 312 g/mol. The van der Waals surface area contributed by atoms with Crippen molar-refractivity contribution < 1.29 is 9.53 Å². The summed E-state index contributed by atoms with van der Waals surface area (Å²) >= 11 is 1.40. The number of amides is 1. The summed E-state index contributed by atoms with van der Waals surface area (Å²) in [5.74, 6) is 0.990. The third-order valence-corrected chi connectivity index (χ3v) is 4.13. The van der Waals surface area contributed by atoms with Crippen LogP contribution in [0.3, 0.4) is 0 Å². The first-order valence-electron chi connectivity index (χ1n) is 7.27. The van der Waals surface area contributed by atoms with Crippen molar-refractivity contribution in [2.75, 3.05) is 31.7 Å². The third kappa shape index (κ3) is 4.64. The summed E-state index contributed by atoms with van der Waals surface area (Å²) in [4.78, 5) is 18.9. The summed E-state index contributed by atoms with van der Waals surface area (Å²) in [5, 5.41) is 3.96. The van der Waals surface area contributed by atoms with Gasteiger partial charge in [-0.15, -0.1) is 0 Å². The van der Waals surface area contributed by atoms with Gasteiger partial charge in [0.15, 0.2) is 0 Å². The van der Waals surface area contributed by atoms with Gasteiger partial charge in [-0.05, 0) is 27.2 Å². The topological polar surface area (TPSA) is 67.3 Å². The summed E-state index contributed by atoms with van der Waals surface area (Å²) < 4.78 is 9.37. The molecule has 1 aromatic rings. The highest BCUT2D eigenvalue weighted by atomic mass is 32.1. The Bertz CT molecular complexity index is 484. The number of rotatable bonds is 5. The predicted octanol–water partition coefficient (Wildman–Crippen LogP) is 1.47. The van der Waals surface area contributed by atoms with Crippen LogP contribution in [-0.4, -0.2) is 47.6 Å². The smallest absolute Gasteiger partial charge is 0.225 e. The van der Waals surface area contributed by atoms with E-state index in [2.05, 4.69) is 19.6 Å². The molecule has 0 bridgehead atoms. The normalized spacial score (nSPS) is 19.0. The molecule has 21 heavy (non-hydrogen) atoms. The second-order valence-corrected chi connectivity index (χ2v) is 7.14. The van der Waals surface area contributed by atoms with Crippen LogP contribution in [0, 0.1) is 5.92 Å². The van der Waals surface area contributed by atoms with Gasteiger partial charge in [-0.1, -0.05) is 0 Å². The van der Waals surface area contributed by atoms with Gasteiger partial charge in [0.1, 0.15) is 5.82 Å². The molecule has 2 heterocycles. The van der Waals surface area contributed by atoms with Crippen LogP contribution < -0.4 is 10.2 Å². The standard InChI is InChI=1S/C14H24N4O2S/c1-14(2,3)16-12(19)10-5-7-18(9-10)13-15-11(17-21-13)6-8-20-4/h10H,5-9H2,1-4H3,(H,16,19). The Morgan fingerprint density at radius 2 is 2.29 bits per heavy atom. The fourth-order valence-corrected chi connectivity index (χ4v) is 3.03. The lowest BCUT2D eigenvalue weighted by molar-refractivity contribution is -0.125. The van der Waals surface area contributed by atoms with Gasteiger partial charge in [-0.2, -0.15) is 4.37 Å². The average Bonchev–Trinajstić information content (AvgIpc) is 3.03. The molecule has 0 saturated carbocycles. The molecule has 7 heteroatoms. The van der Waals surface area contributed by atoms with E-state index in [0.717, 1.165) is 36.9 Å². The van der Waals surface area contributed by atoms with Crippen LogP contribution >= 0.6 is 11.5 Å². The summed E-state index contributed by atoms with van der Waals surface area (Å²) in [6.07, 6.45) is 1.60. The van der Waals surface area contributed by atoms with Crippen molar-refractivity contribution in [2.45, 2.75) is 39.2 Å². The van der Waals surface area contributed by atoms with Gasteiger partial charge in [0, 0.05) is 43.7 Å². The molecule has 1 unspecified atom stereocenters. The number of anilines is 1. The van der Waals surface area contributed by atoms with Crippen LogP contribution in [-0.2, 0) is 16.0 Å². The van der Waals surface area contributed by atoms with Crippen molar-refractivity contribution in [1.29, 1.82) is 0 Å². The molecule has 0 radical (unpaired) electrons. The minimum atomic E-state index is -0.180. The van der Waals surface area contributed by atoms with Gasteiger partial charge in [-0.25, -0.2) is 4.98 Å². The molecule has 1 aliphatic rings. The Labute approximate surface area is 130 Å². The van der Waals surface area contributed by atoms with Gasteiger partial charge in [0.25, 0.3) is 0 Å². The Morgan fingerprint density at radius 3 is 2.95 bits per heavy atom. The van der Waals surface area contributed by atoms with Crippen LogP contribution in [0.5, 0.6) is 0 Å². The summed E-state index contributed by atoms with van der Waals surface area (Å²) in [5.41, 5.74) is -0.180. The van der Waals surface area contributed by atoms with Crippen LogP contribution in [0.15, 0.2) is 0 Å². The lowest BCUT2D eigenvalue weighted by Crippen LogP contribution is -2.44. The number of nitrogens with one attached hydrogen (secondary N) is 1. The van der Waals surface area contributed by atoms with Crippen LogP contribution in [0.1, 0.15) is 33.0 Å². The summed E-state index contributed by atoms with van der Waals surface area (Å²) in [7, 11) is 1.67. The van der Waals surface area contributed by atoms with Crippen molar-refractivity contribution in [3.63, 3.8) is 0 Å². The lowest BCUT2D eigenvalue weighted by Gasteiger charge is -2.23. The molecular formula is C14H24N4O2S. The molecule has 1 N–H and O–H groups in total. The minimum absolute atomic E-state index is 0.0375. The zero-order valence-corrected chi connectivity index (χ0v) is 14.0.